The second-order valence-corrected chi connectivity index (χ2v) is 8.59. The van der Waals surface area contributed by atoms with Crippen molar-refractivity contribution < 1.29 is 37.0 Å². The highest BCUT2D eigenvalue weighted by molar-refractivity contribution is 6.03. The molecule has 2 aromatic heterocycles. The maximum Gasteiger partial charge on any atom is 0.491 e. The maximum absolute atomic E-state index is 12.4. The first-order chi connectivity index (χ1) is 19.6. The van der Waals surface area contributed by atoms with Gasteiger partial charge in [0.05, 0.1) is 38.2 Å². The van der Waals surface area contributed by atoms with Crippen LogP contribution in [-0.2, 0) is 30.3 Å². The van der Waals surface area contributed by atoms with E-state index < -0.39 is 23.8 Å². The van der Waals surface area contributed by atoms with E-state index in [1.807, 2.05) is 6.08 Å². The summed E-state index contributed by atoms with van der Waals surface area (Å²) in [5.41, 5.74) is 3.29. The fraction of sp³-hybridized carbons (Fsp3) is 0.269. The number of nitrogens with one attached hydrogen (secondary N) is 3. The minimum Gasteiger partial charge on any atom is -0.415 e. The SMILES string of the molecule is C=C(OC(=O)C(F)(F)F)C(=O)Nc1ccc(Nc2nc(Nc3cnn(CCOC)c3)ncc2C2=CCOCC2)cc1. The van der Waals surface area contributed by atoms with Gasteiger partial charge in [0.2, 0.25) is 5.95 Å². The van der Waals surface area contributed by atoms with Crippen LogP contribution in [0.2, 0.25) is 0 Å². The Bertz CT molecular complexity index is 1440. The zero-order valence-corrected chi connectivity index (χ0v) is 21.8. The molecule has 0 saturated carbocycles. The number of aromatic nitrogens is 4. The molecular formula is C26H26F3N7O5. The van der Waals surface area contributed by atoms with Crippen LogP contribution in [0.5, 0.6) is 0 Å². The molecule has 3 aromatic rings. The van der Waals surface area contributed by atoms with Crippen LogP contribution < -0.4 is 16.0 Å². The molecule has 0 fully saturated rings. The number of halogens is 3. The summed E-state index contributed by atoms with van der Waals surface area (Å²) in [6.45, 7) is 5.20. The lowest BCUT2D eigenvalue weighted by Gasteiger charge is -2.18. The van der Waals surface area contributed by atoms with Crippen molar-refractivity contribution in [2.75, 3.05) is 42.9 Å². The Balaban J connectivity index is 1.48. The molecule has 0 radical (unpaired) electrons. The van der Waals surface area contributed by atoms with E-state index in [1.54, 1.807) is 42.5 Å². The van der Waals surface area contributed by atoms with Crippen LogP contribution in [0.4, 0.5) is 42.0 Å². The normalized spacial score (nSPS) is 13.2. The number of alkyl halides is 3. The Morgan fingerprint density at radius 3 is 2.56 bits per heavy atom. The van der Waals surface area contributed by atoms with Gasteiger partial charge in [-0.3, -0.25) is 9.48 Å². The quantitative estimate of drug-likeness (QED) is 0.174. The van der Waals surface area contributed by atoms with E-state index in [-0.39, 0.29) is 5.69 Å². The molecule has 41 heavy (non-hydrogen) atoms. The molecule has 1 aliphatic heterocycles. The molecule has 3 heterocycles. The monoisotopic (exact) mass is 573 g/mol. The summed E-state index contributed by atoms with van der Waals surface area (Å²) in [7, 11) is 1.61. The number of ether oxygens (including phenoxy) is 3. The van der Waals surface area contributed by atoms with Gasteiger partial charge in [0.1, 0.15) is 5.82 Å². The minimum absolute atomic E-state index is 0.229. The highest BCUT2D eigenvalue weighted by atomic mass is 19.4. The van der Waals surface area contributed by atoms with Crippen LogP contribution in [0.1, 0.15) is 12.0 Å². The van der Waals surface area contributed by atoms with Crippen molar-refractivity contribution in [3.05, 3.63) is 66.8 Å². The number of hydrogen-bond donors (Lipinski definition) is 3. The summed E-state index contributed by atoms with van der Waals surface area (Å²) in [5.74, 6) is -3.80. The first-order valence-corrected chi connectivity index (χ1v) is 12.2. The first-order valence-electron chi connectivity index (χ1n) is 12.2. The number of rotatable bonds is 11. The van der Waals surface area contributed by atoms with Crippen LogP contribution in [0.3, 0.4) is 0 Å². The van der Waals surface area contributed by atoms with E-state index in [0.717, 1.165) is 11.1 Å². The lowest BCUT2D eigenvalue weighted by molar-refractivity contribution is -0.195. The number of anilines is 5. The van der Waals surface area contributed by atoms with Crippen molar-refractivity contribution >= 4 is 46.3 Å². The summed E-state index contributed by atoms with van der Waals surface area (Å²) in [6.07, 6.45) is 2.52. The lowest BCUT2D eigenvalue weighted by atomic mass is 10.0. The summed E-state index contributed by atoms with van der Waals surface area (Å²) in [6, 6.07) is 6.25. The van der Waals surface area contributed by atoms with Crippen LogP contribution in [0.25, 0.3) is 5.57 Å². The molecule has 0 atom stereocenters. The minimum atomic E-state index is -5.25. The fourth-order valence-electron chi connectivity index (χ4n) is 3.60. The van der Waals surface area contributed by atoms with Crippen molar-refractivity contribution in [2.45, 2.75) is 19.1 Å². The molecule has 0 saturated heterocycles. The topological polar surface area (TPSA) is 142 Å². The van der Waals surface area contributed by atoms with Gasteiger partial charge in [-0.15, -0.1) is 0 Å². The molecule has 0 bridgehead atoms. The molecule has 12 nitrogen and oxygen atoms in total. The summed E-state index contributed by atoms with van der Waals surface area (Å²) in [4.78, 5) is 32.1. The molecule has 1 amide bonds. The van der Waals surface area contributed by atoms with Gasteiger partial charge in [-0.25, -0.2) is 9.78 Å². The number of carbonyl (C=O) groups excluding carboxylic acids is 2. The van der Waals surface area contributed by atoms with Crippen LogP contribution in [-0.4, -0.2) is 64.7 Å². The van der Waals surface area contributed by atoms with Gasteiger partial charge < -0.3 is 30.2 Å². The van der Waals surface area contributed by atoms with Crippen molar-refractivity contribution in [1.29, 1.82) is 0 Å². The summed E-state index contributed by atoms with van der Waals surface area (Å²) < 4.78 is 53.3. The van der Waals surface area contributed by atoms with Gasteiger partial charge in [0.25, 0.3) is 5.91 Å². The summed E-state index contributed by atoms with van der Waals surface area (Å²) >= 11 is 0. The number of carbonyl (C=O) groups is 2. The zero-order valence-electron chi connectivity index (χ0n) is 21.8. The van der Waals surface area contributed by atoms with E-state index in [1.165, 1.54) is 12.1 Å². The van der Waals surface area contributed by atoms with Gasteiger partial charge >= 0.3 is 12.1 Å². The van der Waals surface area contributed by atoms with Crippen molar-refractivity contribution in [3.63, 3.8) is 0 Å². The average molecular weight is 574 g/mol. The zero-order chi connectivity index (χ0) is 29.4. The van der Waals surface area contributed by atoms with E-state index in [4.69, 9.17) is 9.47 Å². The van der Waals surface area contributed by atoms with Gasteiger partial charge in [0.15, 0.2) is 5.76 Å². The fourth-order valence-corrected chi connectivity index (χ4v) is 3.60. The Hall–Kier alpha value is -4.76. The van der Waals surface area contributed by atoms with E-state index in [9.17, 15) is 22.8 Å². The Morgan fingerprint density at radius 1 is 1.12 bits per heavy atom. The molecular weight excluding hydrogens is 547 g/mol. The molecule has 0 aliphatic carbocycles. The standard InChI is InChI=1S/C26H26F3N7O5/c1-16(41-24(38)26(27,28)29)23(37)33-19-5-3-18(4-6-19)32-22-21(17-7-10-40-11-8-17)14-30-25(35-22)34-20-13-31-36(15-20)9-12-39-2/h3-7,13-15H,1,8-12H2,2H3,(H,33,37)(H2,30,32,34,35). The second kappa shape index (κ2) is 13.1. The molecule has 4 rings (SSSR count). The van der Waals surface area contributed by atoms with Gasteiger partial charge in [-0.05, 0) is 36.3 Å². The molecule has 1 aromatic carbocycles. The lowest BCUT2D eigenvalue weighted by Crippen LogP contribution is -2.28. The molecule has 3 N–H and O–H groups in total. The predicted molar refractivity (Wildman–Crippen MR) is 142 cm³/mol. The van der Waals surface area contributed by atoms with Crippen molar-refractivity contribution in [2.24, 2.45) is 0 Å². The number of amides is 1. The van der Waals surface area contributed by atoms with Crippen LogP contribution >= 0.6 is 0 Å². The smallest absolute Gasteiger partial charge is 0.415 e. The number of methoxy groups -OCH3 is 1. The largest absolute Gasteiger partial charge is 0.491 e. The third kappa shape index (κ3) is 8.12. The Kier molecular flexibility index (Phi) is 9.31. The highest BCUT2D eigenvalue weighted by Crippen LogP contribution is 2.30. The van der Waals surface area contributed by atoms with Crippen LogP contribution in [0.15, 0.2) is 61.3 Å². The number of hydrogen-bond acceptors (Lipinski definition) is 10. The summed E-state index contributed by atoms with van der Waals surface area (Å²) in [5, 5.41) is 13.0. The predicted octanol–water partition coefficient (Wildman–Crippen LogP) is 4.17. The second-order valence-electron chi connectivity index (χ2n) is 8.59. The van der Waals surface area contributed by atoms with E-state index in [2.05, 4.69) is 42.3 Å². The number of benzene rings is 1. The molecule has 0 spiro atoms. The van der Waals surface area contributed by atoms with Crippen molar-refractivity contribution in [1.82, 2.24) is 19.7 Å². The molecule has 0 unspecified atom stereocenters. The highest BCUT2D eigenvalue weighted by Gasteiger charge is 2.42. The molecule has 216 valence electrons. The van der Waals surface area contributed by atoms with Gasteiger partial charge in [0, 0.05) is 36.4 Å². The Morgan fingerprint density at radius 2 is 1.88 bits per heavy atom. The third-order valence-corrected chi connectivity index (χ3v) is 5.62. The van der Waals surface area contributed by atoms with Crippen LogP contribution in [0, 0.1) is 0 Å². The number of nitrogens with zero attached hydrogens (tertiary/aromatic N) is 4. The first kappa shape index (κ1) is 29.2. The Labute approximate surface area is 232 Å². The van der Waals surface area contributed by atoms with Gasteiger partial charge in [-0.1, -0.05) is 12.7 Å². The molecule has 15 heteroatoms. The molecule has 1 aliphatic rings. The van der Waals surface area contributed by atoms with E-state index in [0.29, 0.717) is 55.9 Å². The van der Waals surface area contributed by atoms with Crippen molar-refractivity contribution in [3.8, 4) is 0 Å². The van der Waals surface area contributed by atoms with E-state index >= 15 is 0 Å². The van der Waals surface area contributed by atoms with Gasteiger partial charge in [-0.2, -0.15) is 23.3 Å². The average Bonchev–Trinajstić information content (AvgIpc) is 3.40. The third-order valence-electron chi connectivity index (χ3n) is 5.62. The maximum atomic E-state index is 12.4. The number of esters is 1.